The third-order valence-corrected chi connectivity index (χ3v) is 3.61. The largest absolute Gasteiger partial charge is 0.481 e. The number of amides is 1. The molecule has 7 nitrogen and oxygen atoms in total. The van der Waals surface area contributed by atoms with Crippen LogP contribution in [0.2, 0.25) is 0 Å². The molecule has 0 atom stereocenters. The molecule has 2 aromatic rings. The molecule has 1 amide bonds. The fourth-order valence-corrected chi connectivity index (χ4v) is 2.20. The smallest absolute Gasteiger partial charge is 0.303 e. The Morgan fingerprint density at radius 2 is 2.00 bits per heavy atom. The number of hydrogen-bond acceptors (Lipinski definition) is 4. The zero-order valence-electron chi connectivity index (χ0n) is 13.5. The van der Waals surface area contributed by atoms with E-state index in [9.17, 15) is 9.59 Å². The standard InChI is InChI=1S/C16H20N4O3/c1-10-4-5-11(2)14(8-10)17-15(21)9-20-12(3)13(18-19-20)6-7-16(22)23/h4-5,8H,6-7,9H2,1-3H3,(H,17,21)(H,22,23). The number of hydrogen-bond donors (Lipinski definition) is 2. The second-order valence-corrected chi connectivity index (χ2v) is 5.54. The summed E-state index contributed by atoms with van der Waals surface area (Å²) >= 11 is 0. The van der Waals surface area contributed by atoms with E-state index in [-0.39, 0.29) is 18.9 Å². The van der Waals surface area contributed by atoms with Crippen LogP contribution in [0.4, 0.5) is 5.69 Å². The van der Waals surface area contributed by atoms with Crippen LogP contribution in [-0.4, -0.2) is 32.0 Å². The number of rotatable bonds is 6. The summed E-state index contributed by atoms with van der Waals surface area (Å²) in [6.07, 6.45) is 0.300. The van der Waals surface area contributed by atoms with Gasteiger partial charge in [0.1, 0.15) is 6.54 Å². The van der Waals surface area contributed by atoms with Crippen LogP contribution in [0.25, 0.3) is 0 Å². The van der Waals surface area contributed by atoms with Crippen molar-refractivity contribution in [1.29, 1.82) is 0 Å². The lowest BCUT2D eigenvalue weighted by Gasteiger charge is -2.10. The number of carboxylic acid groups (broad SMARTS) is 1. The molecule has 0 aliphatic rings. The molecule has 122 valence electrons. The quantitative estimate of drug-likeness (QED) is 0.848. The summed E-state index contributed by atoms with van der Waals surface area (Å²) in [5, 5.41) is 19.5. The van der Waals surface area contributed by atoms with Crippen molar-refractivity contribution in [3.8, 4) is 0 Å². The van der Waals surface area contributed by atoms with Gasteiger partial charge in [0.05, 0.1) is 17.8 Å². The molecule has 0 aliphatic heterocycles. The van der Waals surface area contributed by atoms with Gasteiger partial charge in [0.2, 0.25) is 5.91 Å². The number of aliphatic carboxylic acids is 1. The zero-order chi connectivity index (χ0) is 17.0. The normalized spacial score (nSPS) is 10.6. The minimum Gasteiger partial charge on any atom is -0.481 e. The van der Waals surface area contributed by atoms with E-state index < -0.39 is 5.97 Å². The maximum atomic E-state index is 12.2. The number of carbonyl (C=O) groups excluding carboxylic acids is 1. The number of nitrogens with zero attached hydrogens (tertiary/aromatic N) is 3. The van der Waals surface area contributed by atoms with Gasteiger partial charge in [-0.3, -0.25) is 9.59 Å². The second-order valence-electron chi connectivity index (χ2n) is 5.54. The Hall–Kier alpha value is -2.70. The first kappa shape index (κ1) is 16.7. The lowest BCUT2D eigenvalue weighted by molar-refractivity contribution is -0.137. The lowest BCUT2D eigenvalue weighted by atomic mass is 10.1. The molecular formula is C16H20N4O3. The van der Waals surface area contributed by atoms with Crippen LogP contribution in [0, 0.1) is 20.8 Å². The van der Waals surface area contributed by atoms with Gasteiger partial charge in [-0.25, -0.2) is 4.68 Å². The number of carbonyl (C=O) groups is 2. The molecule has 0 spiro atoms. The number of aryl methyl sites for hydroxylation is 3. The fourth-order valence-electron chi connectivity index (χ4n) is 2.20. The fraction of sp³-hybridized carbons (Fsp3) is 0.375. The van der Waals surface area contributed by atoms with Crippen LogP contribution in [-0.2, 0) is 22.6 Å². The van der Waals surface area contributed by atoms with Gasteiger partial charge in [0.15, 0.2) is 0 Å². The first-order valence-corrected chi connectivity index (χ1v) is 7.34. The molecule has 0 saturated heterocycles. The number of aromatic nitrogens is 3. The highest BCUT2D eigenvalue weighted by Crippen LogP contribution is 2.16. The third-order valence-electron chi connectivity index (χ3n) is 3.61. The molecule has 1 aromatic carbocycles. The van der Waals surface area contributed by atoms with Crippen LogP contribution in [0.3, 0.4) is 0 Å². The molecule has 2 rings (SSSR count). The Bertz CT molecular complexity index is 737. The van der Waals surface area contributed by atoms with Gasteiger partial charge < -0.3 is 10.4 Å². The van der Waals surface area contributed by atoms with Gasteiger partial charge >= 0.3 is 5.97 Å². The Kier molecular flexibility index (Phi) is 5.10. The van der Waals surface area contributed by atoms with Crippen molar-refractivity contribution in [3.05, 3.63) is 40.7 Å². The molecule has 7 heteroatoms. The molecule has 0 unspecified atom stereocenters. The van der Waals surface area contributed by atoms with Gasteiger partial charge in [-0.05, 0) is 38.0 Å². The van der Waals surface area contributed by atoms with Gasteiger partial charge in [0.25, 0.3) is 0 Å². The molecule has 0 aliphatic carbocycles. The predicted octanol–water partition coefficient (Wildman–Crippen LogP) is 1.86. The summed E-state index contributed by atoms with van der Waals surface area (Å²) < 4.78 is 1.48. The van der Waals surface area contributed by atoms with Crippen molar-refractivity contribution in [2.45, 2.75) is 40.2 Å². The van der Waals surface area contributed by atoms with Gasteiger partial charge in [0, 0.05) is 12.1 Å². The lowest BCUT2D eigenvalue weighted by Crippen LogP contribution is -2.21. The van der Waals surface area contributed by atoms with Gasteiger partial charge in [-0.2, -0.15) is 0 Å². The Labute approximate surface area is 134 Å². The van der Waals surface area contributed by atoms with E-state index in [1.165, 1.54) is 4.68 Å². The minimum absolute atomic E-state index is 0.00574. The molecule has 2 N–H and O–H groups in total. The Balaban J connectivity index is 2.03. The van der Waals surface area contributed by atoms with Crippen molar-refractivity contribution in [2.75, 3.05) is 5.32 Å². The topological polar surface area (TPSA) is 97.1 Å². The predicted molar refractivity (Wildman–Crippen MR) is 85.3 cm³/mol. The van der Waals surface area contributed by atoms with Crippen LogP contribution < -0.4 is 5.32 Å². The molecule has 0 fully saturated rings. The highest BCUT2D eigenvalue weighted by atomic mass is 16.4. The maximum absolute atomic E-state index is 12.2. The highest BCUT2D eigenvalue weighted by Gasteiger charge is 2.13. The highest BCUT2D eigenvalue weighted by molar-refractivity contribution is 5.91. The summed E-state index contributed by atoms with van der Waals surface area (Å²) in [6.45, 7) is 5.72. The zero-order valence-corrected chi connectivity index (χ0v) is 13.5. The van der Waals surface area contributed by atoms with Crippen molar-refractivity contribution >= 4 is 17.6 Å². The van der Waals surface area contributed by atoms with Crippen LogP contribution >= 0.6 is 0 Å². The average Bonchev–Trinajstić information content (AvgIpc) is 2.81. The van der Waals surface area contributed by atoms with E-state index in [0.717, 1.165) is 16.8 Å². The maximum Gasteiger partial charge on any atom is 0.303 e. The Morgan fingerprint density at radius 1 is 1.26 bits per heavy atom. The second kappa shape index (κ2) is 7.04. The molecule has 1 heterocycles. The van der Waals surface area contributed by atoms with Crippen molar-refractivity contribution < 1.29 is 14.7 Å². The molecule has 0 radical (unpaired) electrons. The van der Waals surface area contributed by atoms with Crippen LogP contribution in [0.15, 0.2) is 18.2 Å². The number of carboxylic acids is 1. The first-order valence-electron chi connectivity index (χ1n) is 7.34. The van der Waals surface area contributed by atoms with E-state index in [2.05, 4.69) is 15.6 Å². The van der Waals surface area contributed by atoms with Crippen LogP contribution in [0.5, 0.6) is 0 Å². The third kappa shape index (κ3) is 4.38. The summed E-state index contributed by atoms with van der Waals surface area (Å²) in [5.41, 5.74) is 4.15. The summed E-state index contributed by atoms with van der Waals surface area (Å²) in [5.74, 6) is -1.08. The minimum atomic E-state index is -0.883. The van der Waals surface area contributed by atoms with E-state index >= 15 is 0 Å². The molecule has 0 saturated carbocycles. The summed E-state index contributed by atoms with van der Waals surface area (Å²) in [7, 11) is 0. The van der Waals surface area contributed by atoms with E-state index in [4.69, 9.17) is 5.11 Å². The monoisotopic (exact) mass is 316 g/mol. The Morgan fingerprint density at radius 3 is 2.70 bits per heavy atom. The number of nitrogens with one attached hydrogen (secondary N) is 1. The van der Waals surface area contributed by atoms with E-state index in [1.807, 2.05) is 32.0 Å². The van der Waals surface area contributed by atoms with Gasteiger partial charge in [-0.15, -0.1) is 5.10 Å². The van der Waals surface area contributed by atoms with Crippen molar-refractivity contribution in [3.63, 3.8) is 0 Å². The van der Waals surface area contributed by atoms with Crippen molar-refractivity contribution in [1.82, 2.24) is 15.0 Å². The molecule has 23 heavy (non-hydrogen) atoms. The molecule has 0 bridgehead atoms. The van der Waals surface area contributed by atoms with Gasteiger partial charge in [-0.1, -0.05) is 17.3 Å². The number of anilines is 1. The molecular weight excluding hydrogens is 296 g/mol. The SMILES string of the molecule is Cc1ccc(C)c(NC(=O)Cn2nnc(CCC(=O)O)c2C)c1. The van der Waals surface area contributed by atoms with E-state index in [0.29, 0.717) is 17.8 Å². The average molecular weight is 316 g/mol. The molecule has 1 aromatic heterocycles. The summed E-state index contributed by atoms with van der Waals surface area (Å²) in [6, 6.07) is 5.86. The van der Waals surface area contributed by atoms with Crippen LogP contribution in [0.1, 0.15) is 28.9 Å². The number of benzene rings is 1. The summed E-state index contributed by atoms with van der Waals surface area (Å²) in [4.78, 5) is 22.8. The first-order chi connectivity index (χ1) is 10.9. The van der Waals surface area contributed by atoms with Crippen molar-refractivity contribution in [2.24, 2.45) is 0 Å². The van der Waals surface area contributed by atoms with E-state index in [1.54, 1.807) is 6.92 Å².